The van der Waals surface area contributed by atoms with Crippen LogP contribution in [0.25, 0.3) is 0 Å². The lowest BCUT2D eigenvalue weighted by molar-refractivity contribution is 0.581. The number of benzene rings is 1. The van der Waals surface area contributed by atoms with Crippen LogP contribution in [0, 0.1) is 30.0 Å². The normalized spacial score (nSPS) is 17.5. The number of halogens is 1. The van der Waals surface area contributed by atoms with Crippen molar-refractivity contribution in [3.8, 4) is 6.07 Å². The minimum atomic E-state index is -0.149. The molecular weight excluding hydrogens is 277 g/mol. The molecule has 1 saturated heterocycles. The second kappa shape index (κ2) is 6.15. The summed E-state index contributed by atoms with van der Waals surface area (Å²) in [5.41, 5.74) is 2.50. The Labute approximate surface area is 130 Å². The van der Waals surface area contributed by atoms with E-state index in [0.717, 1.165) is 31.7 Å². The van der Waals surface area contributed by atoms with Crippen molar-refractivity contribution >= 4 is 5.82 Å². The molecule has 1 unspecified atom stereocenters. The van der Waals surface area contributed by atoms with Gasteiger partial charge < -0.3 is 4.90 Å². The number of aryl methyl sites for hydroxylation is 1. The molecule has 1 aromatic carbocycles. The number of pyridine rings is 1. The number of hydrogen-bond acceptors (Lipinski definition) is 3. The maximum atomic E-state index is 13.3. The summed E-state index contributed by atoms with van der Waals surface area (Å²) in [6.45, 7) is 3.60. The van der Waals surface area contributed by atoms with Crippen molar-refractivity contribution in [1.82, 2.24) is 4.98 Å². The molecule has 2 aromatic rings. The average Bonchev–Trinajstić information content (AvgIpc) is 2.99. The zero-order valence-electron chi connectivity index (χ0n) is 12.6. The maximum absolute atomic E-state index is 13.3. The molecule has 1 aliphatic heterocycles. The first-order valence-electron chi connectivity index (χ1n) is 7.52. The molecule has 22 heavy (non-hydrogen) atoms. The molecule has 1 fully saturated rings. The summed E-state index contributed by atoms with van der Waals surface area (Å²) in [6, 6.07) is 11.1. The highest BCUT2D eigenvalue weighted by Gasteiger charge is 2.25. The van der Waals surface area contributed by atoms with Gasteiger partial charge in [-0.1, -0.05) is 12.1 Å². The Bertz CT molecular complexity index is 721. The highest BCUT2D eigenvalue weighted by atomic mass is 19.1. The van der Waals surface area contributed by atoms with Crippen LogP contribution in [0.1, 0.15) is 23.1 Å². The van der Waals surface area contributed by atoms with Gasteiger partial charge in [0.25, 0.3) is 0 Å². The van der Waals surface area contributed by atoms with Gasteiger partial charge in [-0.2, -0.15) is 5.26 Å². The summed E-state index contributed by atoms with van der Waals surface area (Å²) in [5.74, 6) is 1.14. The van der Waals surface area contributed by atoms with E-state index in [0.29, 0.717) is 17.0 Å². The van der Waals surface area contributed by atoms with Crippen LogP contribution in [0.5, 0.6) is 0 Å². The average molecular weight is 295 g/mol. The zero-order chi connectivity index (χ0) is 15.5. The number of rotatable bonds is 3. The fraction of sp³-hybridized carbons (Fsp3) is 0.333. The lowest BCUT2D eigenvalue weighted by Gasteiger charge is -2.18. The summed E-state index contributed by atoms with van der Waals surface area (Å²) in [4.78, 5) is 6.53. The highest BCUT2D eigenvalue weighted by molar-refractivity contribution is 5.54. The predicted molar refractivity (Wildman–Crippen MR) is 84.1 cm³/mol. The largest absolute Gasteiger partial charge is 0.355 e. The third kappa shape index (κ3) is 2.94. The Hall–Kier alpha value is -2.41. The van der Waals surface area contributed by atoms with Gasteiger partial charge in [0.1, 0.15) is 17.7 Å². The number of hydrogen-bond donors (Lipinski definition) is 0. The van der Waals surface area contributed by atoms with Crippen molar-refractivity contribution in [2.24, 2.45) is 5.92 Å². The molecule has 0 bridgehead atoms. The Morgan fingerprint density at radius 2 is 2.27 bits per heavy atom. The molecule has 2 heterocycles. The molecule has 1 aliphatic rings. The molecule has 1 atom stereocenters. The maximum Gasteiger partial charge on any atom is 0.146 e. The van der Waals surface area contributed by atoms with Gasteiger partial charge in [0, 0.05) is 19.3 Å². The highest BCUT2D eigenvalue weighted by Crippen LogP contribution is 2.27. The second-order valence-electron chi connectivity index (χ2n) is 5.87. The van der Waals surface area contributed by atoms with Gasteiger partial charge in [0.15, 0.2) is 0 Å². The lowest BCUT2D eigenvalue weighted by Crippen LogP contribution is -2.22. The SMILES string of the molecule is Cc1cc(CC2CCN(c3ncccc3C#N)C2)ccc1F. The van der Waals surface area contributed by atoms with Gasteiger partial charge in [-0.05, 0) is 55.0 Å². The van der Waals surface area contributed by atoms with Crippen LogP contribution in [-0.4, -0.2) is 18.1 Å². The molecule has 4 heteroatoms. The first-order valence-corrected chi connectivity index (χ1v) is 7.52. The van der Waals surface area contributed by atoms with E-state index < -0.39 is 0 Å². The molecule has 0 saturated carbocycles. The van der Waals surface area contributed by atoms with Gasteiger partial charge >= 0.3 is 0 Å². The molecule has 3 rings (SSSR count). The van der Waals surface area contributed by atoms with E-state index in [1.165, 1.54) is 5.56 Å². The van der Waals surface area contributed by atoms with Gasteiger partial charge in [-0.25, -0.2) is 9.37 Å². The topological polar surface area (TPSA) is 39.9 Å². The Morgan fingerprint density at radius 3 is 3.05 bits per heavy atom. The van der Waals surface area contributed by atoms with Gasteiger partial charge in [0.2, 0.25) is 0 Å². The minimum Gasteiger partial charge on any atom is -0.355 e. The van der Waals surface area contributed by atoms with Crippen LogP contribution in [0.4, 0.5) is 10.2 Å². The molecule has 3 nitrogen and oxygen atoms in total. The molecular formula is C18H18FN3. The van der Waals surface area contributed by atoms with Crippen molar-refractivity contribution in [3.05, 3.63) is 59.0 Å². The van der Waals surface area contributed by atoms with E-state index >= 15 is 0 Å². The van der Waals surface area contributed by atoms with Crippen LogP contribution >= 0.6 is 0 Å². The standard InChI is InChI=1S/C18H18FN3/c1-13-9-14(4-5-17(13)19)10-15-6-8-22(12-15)18-16(11-20)3-2-7-21-18/h2-5,7,9,15H,6,8,10,12H2,1H3. The number of aromatic nitrogens is 1. The molecule has 0 N–H and O–H groups in total. The summed E-state index contributed by atoms with van der Waals surface area (Å²) in [5, 5.41) is 9.18. The van der Waals surface area contributed by atoms with Crippen LogP contribution in [0.15, 0.2) is 36.5 Å². The van der Waals surface area contributed by atoms with Crippen LogP contribution < -0.4 is 4.90 Å². The molecule has 0 aliphatic carbocycles. The first-order chi connectivity index (χ1) is 10.7. The van der Waals surface area contributed by atoms with Gasteiger partial charge in [0.05, 0.1) is 5.56 Å². The fourth-order valence-electron chi connectivity index (χ4n) is 3.09. The third-order valence-electron chi connectivity index (χ3n) is 4.24. The Balaban J connectivity index is 1.70. The Morgan fingerprint density at radius 1 is 1.41 bits per heavy atom. The van der Waals surface area contributed by atoms with Crippen LogP contribution in [0.2, 0.25) is 0 Å². The van der Waals surface area contributed by atoms with E-state index in [9.17, 15) is 9.65 Å². The number of nitrogens with zero attached hydrogens (tertiary/aromatic N) is 3. The summed E-state index contributed by atoms with van der Waals surface area (Å²) in [6.07, 6.45) is 3.73. The van der Waals surface area contributed by atoms with Crippen molar-refractivity contribution < 1.29 is 4.39 Å². The molecule has 1 aromatic heterocycles. The summed E-state index contributed by atoms with van der Waals surface area (Å²) < 4.78 is 13.3. The van der Waals surface area contributed by atoms with Crippen LogP contribution in [-0.2, 0) is 6.42 Å². The van der Waals surface area contributed by atoms with Crippen molar-refractivity contribution in [1.29, 1.82) is 5.26 Å². The summed E-state index contributed by atoms with van der Waals surface area (Å²) in [7, 11) is 0. The zero-order valence-corrected chi connectivity index (χ0v) is 12.6. The minimum absolute atomic E-state index is 0.149. The van der Waals surface area contributed by atoms with Crippen molar-refractivity contribution in [2.45, 2.75) is 19.8 Å². The third-order valence-corrected chi connectivity index (χ3v) is 4.24. The predicted octanol–water partition coefficient (Wildman–Crippen LogP) is 3.47. The van der Waals surface area contributed by atoms with E-state index in [2.05, 4.69) is 16.0 Å². The smallest absolute Gasteiger partial charge is 0.146 e. The van der Waals surface area contributed by atoms with E-state index in [-0.39, 0.29) is 5.82 Å². The first kappa shape index (κ1) is 14.5. The lowest BCUT2D eigenvalue weighted by atomic mass is 9.97. The number of anilines is 1. The van der Waals surface area contributed by atoms with Crippen LogP contribution in [0.3, 0.4) is 0 Å². The quantitative estimate of drug-likeness (QED) is 0.870. The monoisotopic (exact) mass is 295 g/mol. The molecule has 0 spiro atoms. The molecule has 0 amide bonds. The fourth-order valence-corrected chi connectivity index (χ4v) is 3.09. The summed E-state index contributed by atoms with van der Waals surface area (Å²) >= 11 is 0. The number of nitriles is 1. The second-order valence-corrected chi connectivity index (χ2v) is 5.87. The van der Waals surface area contributed by atoms with E-state index in [1.54, 1.807) is 31.3 Å². The Kier molecular flexibility index (Phi) is 4.06. The van der Waals surface area contributed by atoms with E-state index in [1.807, 2.05) is 12.1 Å². The molecule has 112 valence electrons. The van der Waals surface area contributed by atoms with Gasteiger partial charge in [-0.15, -0.1) is 0 Å². The van der Waals surface area contributed by atoms with Gasteiger partial charge in [-0.3, -0.25) is 0 Å². The van der Waals surface area contributed by atoms with E-state index in [4.69, 9.17) is 0 Å². The van der Waals surface area contributed by atoms with Crippen molar-refractivity contribution in [2.75, 3.05) is 18.0 Å². The van der Waals surface area contributed by atoms with Crippen molar-refractivity contribution in [3.63, 3.8) is 0 Å². The molecule has 0 radical (unpaired) electrons.